The van der Waals surface area contributed by atoms with Crippen LogP contribution < -0.4 is 0 Å². The van der Waals surface area contributed by atoms with Crippen LogP contribution in [-0.2, 0) is 35.3 Å². The van der Waals surface area contributed by atoms with Crippen molar-refractivity contribution in [3.63, 3.8) is 0 Å². The van der Waals surface area contributed by atoms with Gasteiger partial charge in [0.05, 0.1) is 0 Å². The van der Waals surface area contributed by atoms with E-state index in [0.717, 1.165) is 18.4 Å². The number of aliphatic hydroxyl groups excluding tert-OH is 1. The van der Waals surface area contributed by atoms with Crippen molar-refractivity contribution >= 4 is 0 Å². The van der Waals surface area contributed by atoms with Gasteiger partial charge in [0, 0.05) is 6.61 Å². The van der Waals surface area contributed by atoms with Crippen LogP contribution in [0.3, 0.4) is 0 Å². The lowest BCUT2D eigenvalue weighted by atomic mass is 9.99. The molecule has 6 atom stereocenters. The van der Waals surface area contributed by atoms with E-state index in [0.29, 0.717) is 13.2 Å². The Morgan fingerprint density at radius 1 is 1.08 bits per heavy atom. The molecule has 4 unspecified atom stereocenters. The third kappa shape index (κ3) is 5.01. The summed E-state index contributed by atoms with van der Waals surface area (Å²) in [6.45, 7) is 4.83. The normalized spacial score (nSPS) is 34.0. The zero-order valence-electron chi connectivity index (χ0n) is 15.3. The number of ether oxygens (including phenoxy) is 4. The van der Waals surface area contributed by atoms with Gasteiger partial charge in [0.2, 0.25) is 0 Å². The highest BCUT2D eigenvalue weighted by Gasteiger charge is 2.51. The molecule has 0 saturated carbocycles. The van der Waals surface area contributed by atoms with Crippen LogP contribution in [-0.4, -0.2) is 55.3 Å². The molecular weight excluding hydrogens is 340 g/mol. The average molecular weight is 368 g/mol. The van der Waals surface area contributed by atoms with Crippen molar-refractivity contribution in [1.82, 2.24) is 0 Å². The molecule has 1 aromatic carbocycles. The maximum absolute atomic E-state index is 10.7. The molecule has 2 aliphatic rings. The van der Waals surface area contributed by atoms with Crippen LogP contribution in [0.15, 0.2) is 30.3 Å². The van der Waals surface area contributed by atoms with Gasteiger partial charge in [0.1, 0.15) is 37.6 Å². The zero-order valence-corrected chi connectivity index (χ0v) is 15.3. The summed E-state index contributed by atoms with van der Waals surface area (Å²) in [6, 6.07) is 9.70. The minimum Gasteiger partial charge on any atom is -0.387 e. The Kier molecular flexibility index (Phi) is 7.39. The summed E-state index contributed by atoms with van der Waals surface area (Å²) in [6.07, 6.45) is -1.52. The number of rotatable bonds is 9. The van der Waals surface area contributed by atoms with Gasteiger partial charge in [-0.15, -0.1) is 0 Å². The monoisotopic (exact) mass is 368 g/mol. The maximum atomic E-state index is 10.7. The lowest BCUT2D eigenvalue weighted by molar-refractivity contribution is -0.341. The van der Waals surface area contributed by atoms with Crippen LogP contribution in [0.4, 0.5) is 0 Å². The van der Waals surface area contributed by atoms with E-state index in [-0.39, 0.29) is 6.61 Å². The van der Waals surface area contributed by atoms with Crippen molar-refractivity contribution in [3.8, 4) is 0 Å². The zero-order chi connectivity index (χ0) is 18.4. The summed E-state index contributed by atoms with van der Waals surface area (Å²) in [5, 5.41) is 10.7. The molecule has 1 N–H and O–H groups in total. The van der Waals surface area contributed by atoms with Crippen LogP contribution in [0.2, 0.25) is 0 Å². The molecule has 0 radical (unpaired) electrons. The highest BCUT2D eigenvalue weighted by atomic mass is 17.2. The Morgan fingerprint density at radius 3 is 2.65 bits per heavy atom. The van der Waals surface area contributed by atoms with Gasteiger partial charge in [0.25, 0.3) is 0 Å². The first-order valence-corrected chi connectivity index (χ1v) is 9.23. The average Bonchev–Trinajstić information content (AvgIpc) is 3.02. The molecule has 146 valence electrons. The van der Waals surface area contributed by atoms with Crippen molar-refractivity contribution < 1.29 is 33.8 Å². The summed E-state index contributed by atoms with van der Waals surface area (Å²) < 4.78 is 23.0. The van der Waals surface area contributed by atoms with E-state index in [1.165, 1.54) is 0 Å². The second-order valence-corrected chi connectivity index (χ2v) is 6.56. The Bertz CT molecular complexity index is 526. The van der Waals surface area contributed by atoms with E-state index in [4.69, 9.17) is 28.7 Å². The first kappa shape index (κ1) is 19.7. The highest BCUT2D eigenvalue weighted by molar-refractivity contribution is 5.13. The van der Waals surface area contributed by atoms with Crippen molar-refractivity contribution in [2.45, 2.75) is 70.3 Å². The molecule has 7 nitrogen and oxygen atoms in total. The molecule has 0 spiro atoms. The first-order chi connectivity index (χ1) is 12.7. The van der Waals surface area contributed by atoms with Crippen LogP contribution in [0, 0.1) is 0 Å². The van der Waals surface area contributed by atoms with Crippen molar-refractivity contribution in [2.24, 2.45) is 0 Å². The van der Waals surface area contributed by atoms with E-state index in [1.807, 2.05) is 30.3 Å². The standard InChI is InChI=1S/C19H28O7/c1-3-4-10-21-17-16(20)15(26-19-18(17)24-13(2)25-19)12-23-22-11-14-8-6-5-7-9-14/h5-9,13,15-20H,3-4,10-12H2,1-2H3/t13?,15?,16-,17?,18?,19+/m1/s1. The number of hydrogen-bond acceptors (Lipinski definition) is 7. The molecular formula is C19H28O7. The van der Waals surface area contributed by atoms with Crippen molar-refractivity contribution in [2.75, 3.05) is 13.2 Å². The predicted molar refractivity (Wildman–Crippen MR) is 91.9 cm³/mol. The molecule has 2 saturated heterocycles. The Labute approximate surface area is 154 Å². The second kappa shape index (κ2) is 9.75. The number of aliphatic hydroxyl groups is 1. The molecule has 3 rings (SSSR count). The van der Waals surface area contributed by atoms with Gasteiger partial charge in [-0.2, -0.15) is 0 Å². The Morgan fingerprint density at radius 2 is 1.88 bits per heavy atom. The van der Waals surface area contributed by atoms with Crippen LogP contribution in [0.25, 0.3) is 0 Å². The van der Waals surface area contributed by atoms with Gasteiger partial charge in [-0.25, -0.2) is 9.78 Å². The molecule has 2 heterocycles. The maximum Gasteiger partial charge on any atom is 0.190 e. The lowest BCUT2D eigenvalue weighted by Gasteiger charge is -2.39. The molecule has 1 aromatic rings. The molecule has 26 heavy (non-hydrogen) atoms. The van der Waals surface area contributed by atoms with Gasteiger partial charge in [-0.3, -0.25) is 0 Å². The third-order valence-electron chi connectivity index (χ3n) is 4.49. The van der Waals surface area contributed by atoms with Crippen LogP contribution in [0.1, 0.15) is 32.3 Å². The summed E-state index contributed by atoms with van der Waals surface area (Å²) in [5.41, 5.74) is 1.000. The van der Waals surface area contributed by atoms with E-state index in [1.54, 1.807) is 6.92 Å². The van der Waals surface area contributed by atoms with E-state index >= 15 is 0 Å². The highest BCUT2D eigenvalue weighted by Crippen LogP contribution is 2.33. The molecule has 0 bridgehead atoms. The van der Waals surface area contributed by atoms with Crippen molar-refractivity contribution in [1.29, 1.82) is 0 Å². The van der Waals surface area contributed by atoms with Gasteiger partial charge < -0.3 is 24.1 Å². The van der Waals surface area contributed by atoms with Gasteiger partial charge in [-0.05, 0) is 18.9 Å². The van der Waals surface area contributed by atoms with Gasteiger partial charge >= 0.3 is 0 Å². The quantitative estimate of drug-likeness (QED) is 0.407. The molecule has 2 fully saturated rings. The number of unbranched alkanes of at least 4 members (excludes halogenated alkanes) is 1. The van der Waals surface area contributed by atoms with Gasteiger partial charge in [-0.1, -0.05) is 43.7 Å². The molecule has 0 amide bonds. The molecule has 0 aliphatic carbocycles. The topological polar surface area (TPSA) is 75.6 Å². The summed E-state index contributed by atoms with van der Waals surface area (Å²) in [5.74, 6) is 0. The first-order valence-electron chi connectivity index (χ1n) is 9.23. The summed E-state index contributed by atoms with van der Waals surface area (Å²) >= 11 is 0. The van der Waals surface area contributed by atoms with E-state index in [9.17, 15) is 5.11 Å². The lowest BCUT2D eigenvalue weighted by Crippen LogP contribution is -2.58. The molecule has 7 heteroatoms. The fourth-order valence-electron chi connectivity index (χ4n) is 3.08. The molecule has 2 aliphatic heterocycles. The smallest absolute Gasteiger partial charge is 0.190 e. The fourth-order valence-corrected chi connectivity index (χ4v) is 3.08. The Balaban J connectivity index is 1.51. The van der Waals surface area contributed by atoms with Crippen LogP contribution in [0.5, 0.6) is 0 Å². The largest absolute Gasteiger partial charge is 0.387 e. The SMILES string of the molecule is CCCCOC1C2OC(C)O[C@H]2OC(COOCc2ccccc2)[C@H]1O. The number of fused-ring (bicyclic) bond motifs is 1. The summed E-state index contributed by atoms with van der Waals surface area (Å²) in [4.78, 5) is 10.5. The third-order valence-corrected chi connectivity index (χ3v) is 4.49. The predicted octanol–water partition coefficient (Wildman–Crippen LogP) is 2.17. The number of hydrogen-bond donors (Lipinski definition) is 1. The van der Waals surface area contributed by atoms with Gasteiger partial charge in [0.15, 0.2) is 12.6 Å². The minimum absolute atomic E-state index is 0.0720. The fraction of sp³-hybridized carbons (Fsp3) is 0.684. The minimum atomic E-state index is -0.887. The van der Waals surface area contributed by atoms with E-state index < -0.39 is 37.0 Å². The van der Waals surface area contributed by atoms with Crippen LogP contribution >= 0.6 is 0 Å². The number of benzene rings is 1. The van der Waals surface area contributed by atoms with Crippen molar-refractivity contribution in [3.05, 3.63) is 35.9 Å². The second-order valence-electron chi connectivity index (χ2n) is 6.56. The Hall–Kier alpha value is -1.06. The molecule has 0 aromatic heterocycles. The van der Waals surface area contributed by atoms with E-state index in [2.05, 4.69) is 6.92 Å². The summed E-state index contributed by atoms with van der Waals surface area (Å²) in [7, 11) is 0.